The van der Waals surface area contributed by atoms with Gasteiger partial charge in [0.15, 0.2) is 0 Å². The lowest BCUT2D eigenvalue weighted by Crippen LogP contribution is -2.29. The molecule has 0 amide bonds. The molecule has 0 saturated carbocycles. The highest BCUT2D eigenvalue weighted by Crippen LogP contribution is 2.19. The van der Waals surface area contributed by atoms with E-state index in [0.29, 0.717) is 6.04 Å². The maximum absolute atomic E-state index is 8.69. The summed E-state index contributed by atoms with van der Waals surface area (Å²) >= 11 is 0. The van der Waals surface area contributed by atoms with E-state index in [4.69, 9.17) is 5.26 Å². The minimum absolute atomic E-state index is 0.229. The van der Waals surface area contributed by atoms with Gasteiger partial charge in [0.05, 0.1) is 12.0 Å². The molecule has 0 bridgehead atoms. The molecule has 0 aliphatic heterocycles. The van der Waals surface area contributed by atoms with Crippen molar-refractivity contribution >= 4 is 0 Å². The van der Waals surface area contributed by atoms with Gasteiger partial charge >= 0.3 is 0 Å². The summed E-state index contributed by atoms with van der Waals surface area (Å²) in [5.74, 6) is 0.229. The first-order chi connectivity index (χ1) is 5.24. The molecule has 2 nitrogen and oxygen atoms in total. The zero-order chi connectivity index (χ0) is 8.27. The summed E-state index contributed by atoms with van der Waals surface area (Å²) in [6.45, 7) is 0. The van der Waals surface area contributed by atoms with Gasteiger partial charge in [-0.25, -0.2) is 0 Å². The van der Waals surface area contributed by atoms with Gasteiger partial charge in [0.1, 0.15) is 0 Å². The SMILES string of the molecule is CN(C)C1C=CCC(C#N)C1. The molecule has 1 aliphatic carbocycles. The Balaban J connectivity index is 2.54. The molecule has 0 heterocycles. The Morgan fingerprint density at radius 1 is 1.55 bits per heavy atom. The van der Waals surface area contributed by atoms with Crippen molar-refractivity contribution in [2.24, 2.45) is 5.92 Å². The van der Waals surface area contributed by atoms with E-state index >= 15 is 0 Å². The Labute approximate surface area is 68.1 Å². The van der Waals surface area contributed by atoms with Crippen molar-refractivity contribution < 1.29 is 0 Å². The molecule has 0 aromatic rings. The third-order valence-electron chi connectivity index (χ3n) is 2.15. The van der Waals surface area contributed by atoms with E-state index in [1.54, 1.807) is 0 Å². The van der Waals surface area contributed by atoms with E-state index in [9.17, 15) is 0 Å². The summed E-state index contributed by atoms with van der Waals surface area (Å²) in [5, 5.41) is 8.69. The van der Waals surface area contributed by atoms with Crippen LogP contribution in [0.5, 0.6) is 0 Å². The van der Waals surface area contributed by atoms with Crippen LogP contribution < -0.4 is 0 Å². The van der Waals surface area contributed by atoms with Crippen LogP contribution in [0.2, 0.25) is 0 Å². The fraction of sp³-hybridized carbons (Fsp3) is 0.667. The summed E-state index contributed by atoms with van der Waals surface area (Å²) in [6.07, 6.45) is 6.22. The molecular formula is C9H14N2. The summed E-state index contributed by atoms with van der Waals surface area (Å²) in [7, 11) is 4.10. The van der Waals surface area contributed by atoms with E-state index in [1.807, 2.05) is 0 Å². The normalized spacial score (nSPS) is 30.4. The summed E-state index contributed by atoms with van der Waals surface area (Å²) < 4.78 is 0. The highest BCUT2D eigenvalue weighted by molar-refractivity contribution is 5.05. The van der Waals surface area contributed by atoms with Crippen LogP contribution in [0.4, 0.5) is 0 Å². The maximum atomic E-state index is 8.69. The Morgan fingerprint density at radius 3 is 2.82 bits per heavy atom. The van der Waals surface area contributed by atoms with Crippen molar-refractivity contribution in [3.8, 4) is 6.07 Å². The van der Waals surface area contributed by atoms with Crippen LogP contribution in [-0.2, 0) is 0 Å². The molecule has 1 rings (SSSR count). The largest absolute Gasteiger partial charge is 0.303 e. The number of likely N-dealkylation sites (N-methyl/N-ethyl adjacent to an activating group) is 1. The van der Waals surface area contributed by atoms with Gasteiger partial charge in [-0.05, 0) is 26.9 Å². The monoisotopic (exact) mass is 150 g/mol. The zero-order valence-electron chi connectivity index (χ0n) is 7.12. The molecule has 2 heteroatoms. The average molecular weight is 150 g/mol. The second-order valence-corrected chi connectivity index (χ2v) is 3.26. The zero-order valence-corrected chi connectivity index (χ0v) is 7.12. The fourth-order valence-corrected chi connectivity index (χ4v) is 1.35. The molecule has 0 fully saturated rings. The van der Waals surface area contributed by atoms with Crippen molar-refractivity contribution in [2.75, 3.05) is 14.1 Å². The summed E-state index contributed by atoms with van der Waals surface area (Å²) in [4.78, 5) is 2.15. The highest BCUT2D eigenvalue weighted by atomic mass is 15.1. The van der Waals surface area contributed by atoms with E-state index < -0.39 is 0 Å². The molecule has 11 heavy (non-hydrogen) atoms. The standard InChI is InChI=1S/C9H14N2/c1-11(2)9-5-3-4-8(6-9)7-10/h3,5,8-9H,4,6H2,1-2H3. The Bertz CT molecular complexity index is 188. The van der Waals surface area contributed by atoms with Gasteiger partial charge in [-0.15, -0.1) is 0 Å². The number of nitrogens with zero attached hydrogens (tertiary/aromatic N) is 2. The smallest absolute Gasteiger partial charge is 0.0659 e. The third-order valence-corrected chi connectivity index (χ3v) is 2.15. The van der Waals surface area contributed by atoms with Crippen molar-refractivity contribution in [1.29, 1.82) is 5.26 Å². The van der Waals surface area contributed by atoms with Crippen molar-refractivity contribution in [2.45, 2.75) is 18.9 Å². The quantitative estimate of drug-likeness (QED) is 0.528. The predicted molar refractivity (Wildman–Crippen MR) is 45.0 cm³/mol. The fourth-order valence-electron chi connectivity index (χ4n) is 1.35. The number of allylic oxidation sites excluding steroid dienone is 1. The molecule has 0 aromatic heterocycles. The molecular weight excluding hydrogens is 136 g/mol. The molecule has 0 radical (unpaired) electrons. The second-order valence-electron chi connectivity index (χ2n) is 3.26. The first-order valence-corrected chi connectivity index (χ1v) is 3.96. The van der Waals surface area contributed by atoms with E-state index in [-0.39, 0.29) is 5.92 Å². The lowest BCUT2D eigenvalue weighted by Gasteiger charge is -2.25. The van der Waals surface area contributed by atoms with E-state index in [0.717, 1.165) is 12.8 Å². The van der Waals surface area contributed by atoms with Crippen LogP contribution >= 0.6 is 0 Å². The van der Waals surface area contributed by atoms with Crippen LogP contribution in [0.15, 0.2) is 12.2 Å². The lowest BCUT2D eigenvalue weighted by molar-refractivity contribution is 0.297. The first kappa shape index (κ1) is 8.29. The Kier molecular flexibility index (Phi) is 2.67. The topological polar surface area (TPSA) is 27.0 Å². The van der Waals surface area contributed by atoms with Gasteiger partial charge in [-0.1, -0.05) is 12.2 Å². The van der Waals surface area contributed by atoms with Gasteiger partial charge < -0.3 is 4.90 Å². The lowest BCUT2D eigenvalue weighted by atomic mass is 9.92. The van der Waals surface area contributed by atoms with Gasteiger partial charge in [0.25, 0.3) is 0 Å². The number of nitriles is 1. The second kappa shape index (κ2) is 3.54. The average Bonchev–Trinajstić information content (AvgIpc) is 2.05. The molecule has 1 aliphatic rings. The molecule has 0 spiro atoms. The number of rotatable bonds is 1. The van der Waals surface area contributed by atoms with Gasteiger partial charge in [-0.2, -0.15) is 5.26 Å². The molecule has 0 saturated heterocycles. The maximum Gasteiger partial charge on any atom is 0.0659 e. The highest BCUT2D eigenvalue weighted by Gasteiger charge is 2.18. The number of hydrogen-bond donors (Lipinski definition) is 0. The molecule has 0 aromatic carbocycles. The van der Waals surface area contributed by atoms with Gasteiger partial charge in [-0.3, -0.25) is 0 Å². The van der Waals surface area contributed by atoms with Crippen molar-refractivity contribution in [3.63, 3.8) is 0 Å². The molecule has 60 valence electrons. The Hall–Kier alpha value is -0.810. The Morgan fingerprint density at radius 2 is 2.27 bits per heavy atom. The summed E-state index contributed by atoms with van der Waals surface area (Å²) in [5.41, 5.74) is 0. The molecule has 2 unspecified atom stereocenters. The van der Waals surface area contributed by atoms with Crippen LogP contribution in [0.3, 0.4) is 0 Å². The van der Waals surface area contributed by atoms with Crippen LogP contribution in [-0.4, -0.2) is 25.0 Å². The molecule has 0 N–H and O–H groups in total. The first-order valence-electron chi connectivity index (χ1n) is 3.96. The third kappa shape index (κ3) is 2.06. The summed E-state index contributed by atoms with van der Waals surface area (Å²) in [6, 6.07) is 2.78. The van der Waals surface area contributed by atoms with Crippen LogP contribution in [0.25, 0.3) is 0 Å². The predicted octanol–water partition coefficient (Wildman–Crippen LogP) is 1.41. The van der Waals surface area contributed by atoms with Crippen molar-refractivity contribution in [3.05, 3.63) is 12.2 Å². The number of hydrogen-bond acceptors (Lipinski definition) is 2. The van der Waals surface area contributed by atoms with Crippen molar-refractivity contribution in [1.82, 2.24) is 4.90 Å². The minimum atomic E-state index is 0.229. The van der Waals surface area contributed by atoms with E-state index in [1.165, 1.54) is 0 Å². The molecule has 2 atom stereocenters. The van der Waals surface area contributed by atoms with Crippen LogP contribution in [0.1, 0.15) is 12.8 Å². The van der Waals surface area contributed by atoms with Crippen LogP contribution in [0, 0.1) is 17.2 Å². The van der Waals surface area contributed by atoms with E-state index in [2.05, 4.69) is 37.2 Å². The minimum Gasteiger partial charge on any atom is -0.303 e. The van der Waals surface area contributed by atoms with Gasteiger partial charge in [0, 0.05) is 6.04 Å². The van der Waals surface area contributed by atoms with Gasteiger partial charge in [0.2, 0.25) is 0 Å².